The molecule has 0 aliphatic carbocycles. The number of nitrogens with zero attached hydrogens (tertiary/aromatic N) is 1. The van der Waals surface area contributed by atoms with Crippen molar-refractivity contribution in [3.8, 4) is 0 Å². The summed E-state index contributed by atoms with van der Waals surface area (Å²) in [6.45, 7) is 4.73. The van der Waals surface area contributed by atoms with Crippen LogP contribution < -0.4 is 5.32 Å². The van der Waals surface area contributed by atoms with Crippen LogP contribution in [0.25, 0.3) is 0 Å². The van der Waals surface area contributed by atoms with Gasteiger partial charge in [-0.15, -0.1) is 0 Å². The number of rotatable bonds is 4. The molecule has 1 heterocycles. The third kappa shape index (κ3) is 4.28. The van der Waals surface area contributed by atoms with E-state index in [4.69, 9.17) is 4.74 Å². The van der Waals surface area contributed by atoms with Crippen LogP contribution in [0.1, 0.15) is 22.3 Å². The van der Waals surface area contributed by atoms with Crippen LogP contribution in [0.3, 0.4) is 0 Å². The van der Waals surface area contributed by atoms with Gasteiger partial charge in [-0.2, -0.15) is 0 Å². The number of nitrogens with one attached hydrogen (secondary N) is 1. The quantitative estimate of drug-likeness (QED) is 0.895. The maximum Gasteiger partial charge on any atom is 0.252 e. The first kappa shape index (κ1) is 16.0. The molecule has 2 amide bonds. The maximum absolute atomic E-state index is 12.1. The summed E-state index contributed by atoms with van der Waals surface area (Å²) in [6.07, 6.45) is 0.315. The predicted octanol–water partition coefficient (Wildman–Crippen LogP) is 1.74. The lowest BCUT2D eigenvalue weighted by Gasteiger charge is -2.26. The smallest absolute Gasteiger partial charge is 0.252 e. The lowest BCUT2D eigenvalue weighted by Crippen LogP contribution is -2.42. The summed E-state index contributed by atoms with van der Waals surface area (Å²) < 4.78 is 6.00. The molecular weight excluding hydrogens is 336 g/mol. The van der Waals surface area contributed by atoms with Gasteiger partial charge in [0.25, 0.3) is 5.91 Å². The van der Waals surface area contributed by atoms with Gasteiger partial charge in [0.15, 0.2) is 0 Å². The third-order valence-electron chi connectivity index (χ3n) is 3.42. The van der Waals surface area contributed by atoms with Crippen LogP contribution in [0.4, 0.5) is 0 Å². The van der Waals surface area contributed by atoms with Crippen molar-refractivity contribution in [1.29, 1.82) is 0 Å². The van der Waals surface area contributed by atoms with E-state index in [9.17, 15) is 9.59 Å². The highest BCUT2D eigenvalue weighted by atomic mass is 79.9. The molecule has 1 aromatic carbocycles. The monoisotopic (exact) mass is 354 g/mol. The van der Waals surface area contributed by atoms with E-state index >= 15 is 0 Å². The van der Waals surface area contributed by atoms with Crippen molar-refractivity contribution < 1.29 is 14.3 Å². The van der Waals surface area contributed by atoms with Gasteiger partial charge in [-0.25, -0.2) is 0 Å². The Morgan fingerprint density at radius 3 is 2.76 bits per heavy atom. The zero-order valence-electron chi connectivity index (χ0n) is 12.0. The number of aryl methyl sites for hydroxylation is 1. The Morgan fingerprint density at radius 2 is 2.05 bits per heavy atom. The number of carbonyl (C=O) groups excluding carboxylic acids is 2. The molecule has 1 aromatic rings. The van der Waals surface area contributed by atoms with Crippen LogP contribution in [-0.4, -0.2) is 49.6 Å². The molecule has 114 valence electrons. The molecule has 0 radical (unpaired) electrons. The number of morpholine rings is 1. The van der Waals surface area contributed by atoms with E-state index in [1.165, 1.54) is 0 Å². The Labute approximate surface area is 132 Å². The normalized spacial score (nSPS) is 14.9. The molecule has 1 aliphatic heterocycles. The second-order valence-corrected chi connectivity index (χ2v) is 5.73. The van der Waals surface area contributed by atoms with Gasteiger partial charge in [0.1, 0.15) is 0 Å². The van der Waals surface area contributed by atoms with Crippen LogP contribution >= 0.6 is 15.9 Å². The molecule has 1 aliphatic rings. The van der Waals surface area contributed by atoms with Gasteiger partial charge in [0.05, 0.1) is 18.8 Å². The van der Waals surface area contributed by atoms with E-state index < -0.39 is 0 Å². The predicted molar refractivity (Wildman–Crippen MR) is 83.2 cm³/mol. The van der Waals surface area contributed by atoms with Gasteiger partial charge >= 0.3 is 0 Å². The number of hydrogen-bond acceptors (Lipinski definition) is 3. The van der Waals surface area contributed by atoms with Crippen molar-refractivity contribution in [2.45, 2.75) is 13.3 Å². The van der Waals surface area contributed by atoms with E-state index in [-0.39, 0.29) is 11.8 Å². The molecule has 1 fully saturated rings. The van der Waals surface area contributed by atoms with Crippen molar-refractivity contribution in [1.82, 2.24) is 10.2 Å². The van der Waals surface area contributed by atoms with Crippen LogP contribution in [-0.2, 0) is 9.53 Å². The van der Waals surface area contributed by atoms with E-state index in [1.807, 2.05) is 19.1 Å². The minimum absolute atomic E-state index is 0.0573. The van der Waals surface area contributed by atoms with Crippen molar-refractivity contribution in [3.63, 3.8) is 0 Å². The minimum Gasteiger partial charge on any atom is -0.378 e. The number of hydrogen-bond donors (Lipinski definition) is 1. The summed E-state index contributed by atoms with van der Waals surface area (Å²) in [5.41, 5.74) is 1.60. The zero-order chi connectivity index (χ0) is 15.2. The van der Waals surface area contributed by atoms with E-state index in [2.05, 4.69) is 21.2 Å². The molecular formula is C15H19BrN2O3. The number of halogens is 1. The van der Waals surface area contributed by atoms with Crippen molar-refractivity contribution in [3.05, 3.63) is 33.8 Å². The van der Waals surface area contributed by atoms with Gasteiger partial charge in [-0.1, -0.05) is 12.1 Å². The summed E-state index contributed by atoms with van der Waals surface area (Å²) in [5, 5.41) is 2.79. The average Bonchev–Trinajstić information content (AvgIpc) is 2.50. The van der Waals surface area contributed by atoms with Gasteiger partial charge in [-0.05, 0) is 34.5 Å². The molecule has 0 saturated carbocycles. The van der Waals surface area contributed by atoms with Crippen molar-refractivity contribution in [2.24, 2.45) is 0 Å². The first-order valence-electron chi connectivity index (χ1n) is 6.98. The highest BCUT2D eigenvalue weighted by molar-refractivity contribution is 9.10. The fraction of sp³-hybridized carbons (Fsp3) is 0.467. The number of amides is 2. The fourth-order valence-corrected chi connectivity index (χ4v) is 2.62. The van der Waals surface area contributed by atoms with Gasteiger partial charge in [-0.3, -0.25) is 9.59 Å². The molecule has 1 N–H and O–H groups in total. The second-order valence-electron chi connectivity index (χ2n) is 4.94. The Balaban J connectivity index is 1.81. The summed E-state index contributed by atoms with van der Waals surface area (Å²) in [4.78, 5) is 25.8. The van der Waals surface area contributed by atoms with Crippen LogP contribution in [0.2, 0.25) is 0 Å². The van der Waals surface area contributed by atoms with E-state index in [0.717, 1.165) is 10.0 Å². The van der Waals surface area contributed by atoms with Crippen molar-refractivity contribution >= 4 is 27.7 Å². The Bertz CT molecular complexity index is 528. The lowest BCUT2D eigenvalue weighted by atomic mass is 10.1. The topological polar surface area (TPSA) is 58.6 Å². The molecule has 6 heteroatoms. The molecule has 0 bridgehead atoms. The summed E-state index contributed by atoms with van der Waals surface area (Å²) in [7, 11) is 0. The van der Waals surface area contributed by atoms with Gasteiger partial charge < -0.3 is 15.0 Å². The van der Waals surface area contributed by atoms with Crippen LogP contribution in [0, 0.1) is 6.92 Å². The Morgan fingerprint density at radius 1 is 1.33 bits per heavy atom. The number of benzene rings is 1. The first-order valence-corrected chi connectivity index (χ1v) is 7.77. The highest BCUT2D eigenvalue weighted by Gasteiger charge is 2.17. The molecule has 0 spiro atoms. The molecule has 2 rings (SSSR count). The zero-order valence-corrected chi connectivity index (χ0v) is 13.6. The molecule has 0 unspecified atom stereocenters. The highest BCUT2D eigenvalue weighted by Crippen LogP contribution is 2.20. The van der Waals surface area contributed by atoms with Crippen molar-refractivity contribution in [2.75, 3.05) is 32.8 Å². The van der Waals surface area contributed by atoms with E-state index in [1.54, 1.807) is 11.0 Å². The summed E-state index contributed by atoms with van der Waals surface area (Å²) >= 11 is 3.41. The number of ether oxygens (including phenoxy) is 1. The second kappa shape index (κ2) is 7.56. The van der Waals surface area contributed by atoms with E-state index in [0.29, 0.717) is 44.8 Å². The van der Waals surface area contributed by atoms with Crippen LogP contribution in [0.15, 0.2) is 22.7 Å². The first-order chi connectivity index (χ1) is 10.1. The summed E-state index contributed by atoms with van der Waals surface area (Å²) in [6, 6.07) is 5.53. The maximum atomic E-state index is 12.1. The molecule has 1 saturated heterocycles. The molecule has 21 heavy (non-hydrogen) atoms. The Hall–Kier alpha value is -1.40. The van der Waals surface area contributed by atoms with Crippen LogP contribution in [0.5, 0.6) is 0 Å². The molecule has 5 nitrogen and oxygen atoms in total. The minimum atomic E-state index is -0.166. The number of carbonyl (C=O) groups is 2. The molecule has 0 aromatic heterocycles. The van der Waals surface area contributed by atoms with Gasteiger partial charge in [0, 0.05) is 30.5 Å². The summed E-state index contributed by atoms with van der Waals surface area (Å²) in [5.74, 6) is -0.109. The standard InChI is InChI=1S/C15H19BrN2O3/c1-11-3-2-4-12(14(11)16)15(20)17-6-5-13(19)18-7-9-21-10-8-18/h2-4H,5-10H2,1H3,(H,17,20). The fourth-order valence-electron chi connectivity index (χ4n) is 2.17. The Kier molecular flexibility index (Phi) is 5.76. The third-order valence-corrected chi connectivity index (χ3v) is 4.48. The molecule has 0 atom stereocenters. The van der Waals surface area contributed by atoms with Gasteiger partial charge in [0.2, 0.25) is 5.91 Å². The largest absolute Gasteiger partial charge is 0.378 e. The average molecular weight is 355 g/mol. The lowest BCUT2D eigenvalue weighted by molar-refractivity contribution is -0.135. The SMILES string of the molecule is Cc1cccc(C(=O)NCCC(=O)N2CCOCC2)c1Br.